The van der Waals surface area contributed by atoms with Crippen LogP contribution in [0, 0.1) is 5.92 Å². The summed E-state index contributed by atoms with van der Waals surface area (Å²) in [4.78, 5) is 2.35. The van der Waals surface area contributed by atoms with E-state index in [9.17, 15) is 0 Å². The predicted molar refractivity (Wildman–Crippen MR) is 73.7 cm³/mol. The first-order valence-corrected chi connectivity index (χ1v) is 7.07. The molecule has 1 saturated heterocycles. The van der Waals surface area contributed by atoms with Gasteiger partial charge in [-0.3, -0.25) is 4.90 Å². The van der Waals surface area contributed by atoms with E-state index in [1.165, 1.54) is 0 Å². The highest BCUT2D eigenvalue weighted by Gasteiger charge is 2.23. The Kier molecular flexibility index (Phi) is 5.36. The summed E-state index contributed by atoms with van der Waals surface area (Å²) < 4.78 is 10.7. The molecule has 0 saturated carbocycles. The van der Waals surface area contributed by atoms with Gasteiger partial charge in [0.1, 0.15) is 0 Å². The van der Waals surface area contributed by atoms with Crippen LogP contribution in [0.4, 0.5) is 0 Å². The first-order valence-electron chi connectivity index (χ1n) is 7.07. The summed E-state index contributed by atoms with van der Waals surface area (Å²) in [5.74, 6) is 1.60. The molecule has 2 heterocycles. The highest BCUT2D eigenvalue weighted by Crippen LogP contribution is 2.15. The standard InChI is InChI=1S/C14H25N3O2/c1-11(2)7-15-8-12-6-14(19-16-12)10-17-5-4-13(9-17)18-3/h6,11,13,15H,4-5,7-10H2,1-3H3. The van der Waals surface area contributed by atoms with Crippen molar-refractivity contribution in [2.24, 2.45) is 5.92 Å². The quantitative estimate of drug-likeness (QED) is 0.814. The molecular weight excluding hydrogens is 242 g/mol. The summed E-state index contributed by atoms with van der Waals surface area (Å²) in [6.07, 6.45) is 1.48. The third-order valence-electron chi connectivity index (χ3n) is 3.41. The third kappa shape index (κ3) is 4.60. The summed E-state index contributed by atoms with van der Waals surface area (Å²) in [7, 11) is 1.78. The molecule has 5 nitrogen and oxygen atoms in total. The van der Waals surface area contributed by atoms with Gasteiger partial charge in [-0.15, -0.1) is 0 Å². The summed E-state index contributed by atoms with van der Waals surface area (Å²) in [6.45, 7) is 9.06. The van der Waals surface area contributed by atoms with E-state index >= 15 is 0 Å². The van der Waals surface area contributed by atoms with Crippen molar-refractivity contribution in [2.45, 2.75) is 39.5 Å². The summed E-state index contributed by atoms with van der Waals surface area (Å²) in [5.41, 5.74) is 0.984. The van der Waals surface area contributed by atoms with Crippen LogP contribution in [0.25, 0.3) is 0 Å². The van der Waals surface area contributed by atoms with Gasteiger partial charge in [0.15, 0.2) is 5.76 Å². The molecule has 0 radical (unpaired) electrons. The van der Waals surface area contributed by atoms with E-state index in [1.54, 1.807) is 7.11 Å². The second-order valence-corrected chi connectivity index (χ2v) is 5.69. The largest absolute Gasteiger partial charge is 0.380 e. The van der Waals surface area contributed by atoms with Gasteiger partial charge in [0, 0.05) is 32.8 Å². The molecule has 1 fully saturated rings. The number of hydrogen-bond donors (Lipinski definition) is 1. The molecule has 0 spiro atoms. The predicted octanol–water partition coefficient (Wildman–Crippen LogP) is 1.64. The molecule has 1 aromatic heterocycles. The summed E-state index contributed by atoms with van der Waals surface area (Å²) >= 11 is 0. The number of likely N-dealkylation sites (tertiary alicyclic amines) is 1. The lowest BCUT2D eigenvalue weighted by Crippen LogP contribution is -2.22. The average molecular weight is 267 g/mol. The maximum Gasteiger partial charge on any atom is 0.151 e. The maximum atomic E-state index is 5.38. The average Bonchev–Trinajstić information content (AvgIpc) is 2.99. The lowest BCUT2D eigenvalue weighted by atomic mass is 10.2. The topological polar surface area (TPSA) is 50.5 Å². The van der Waals surface area contributed by atoms with Gasteiger partial charge in [-0.25, -0.2) is 0 Å². The van der Waals surface area contributed by atoms with Crippen LogP contribution < -0.4 is 5.32 Å². The summed E-state index contributed by atoms with van der Waals surface area (Å²) in [5, 5.41) is 7.47. The Bertz CT molecular complexity index is 379. The monoisotopic (exact) mass is 267 g/mol. The number of nitrogens with zero attached hydrogens (tertiary/aromatic N) is 2. The van der Waals surface area contributed by atoms with Gasteiger partial charge in [0.2, 0.25) is 0 Å². The number of nitrogens with one attached hydrogen (secondary N) is 1. The van der Waals surface area contributed by atoms with Gasteiger partial charge in [-0.2, -0.15) is 0 Å². The second-order valence-electron chi connectivity index (χ2n) is 5.69. The van der Waals surface area contributed by atoms with Crippen LogP contribution in [0.2, 0.25) is 0 Å². The van der Waals surface area contributed by atoms with Crippen molar-refractivity contribution in [3.63, 3.8) is 0 Å². The Morgan fingerprint density at radius 1 is 1.58 bits per heavy atom. The van der Waals surface area contributed by atoms with Crippen molar-refractivity contribution in [3.8, 4) is 0 Å². The van der Waals surface area contributed by atoms with Crippen LogP contribution in [0.3, 0.4) is 0 Å². The second kappa shape index (κ2) is 7.03. The van der Waals surface area contributed by atoms with E-state index in [2.05, 4.69) is 29.2 Å². The lowest BCUT2D eigenvalue weighted by molar-refractivity contribution is 0.106. The fourth-order valence-electron chi connectivity index (χ4n) is 2.36. The Labute approximate surface area is 115 Å². The molecule has 1 aromatic rings. The first-order chi connectivity index (χ1) is 9.17. The fourth-order valence-corrected chi connectivity index (χ4v) is 2.36. The normalized spacial score (nSPS) is 20.5. The van der Waals surface area contributed by atoms with Crippen LogP contribution >= 0.6 is 0 Å². The molecule has 5 heteroatoms. The molecule has 0 amide bonds. The van der Waals surface area contributed by atoms with Crippen LogP contribution in [-0.4, -0.2) is 42.9 Å². The molecule has 2 rings (SSSR count). The van der Waals surface area contributed by atoms with E-state index in [-0.39, 0.29) is 0 Å². The summed E-state index contributed by atoms with van der Waals surface area (Å²) in [6, 6.07) is 2.05. The number of hydrogen-bond acceptors (Lipinski definition) is 5. The smallest absolute Gasteiger partial charge is 0.151 e. The number of aromatic nitrogens is 1. The van der Waals surface area contributed by atoms with Crippen molar-refractivity contribution in [1.82, 2.24) is 15.4 Å². The van der Waals surface area contributed by atoms with Gasteiger partial charge in [0.05, 0.1) is 18.3 Å². The van der Waals surface area contributed by atoms with Crippen molar-refractivity contribution in [3.05, 3.63) is 17.5 Å². The number of methoxy groups -OCH3 is 1. The van der Waals surface area contributed by atoms with Gasteiger partial charge >= 0.3 is 0 Å². The molecule has 108 valence electrons. The minimum Gasteiger partial charge on any atom is -0.380 e. The Hall–Kier alpha value is -0.910. The molecule has 0 aromatic carbocycles. The van der Waals surface area contributed by atoms with Gasteiger partial charge < -0.3 is 14.6 Å². The maximum absolute atomic E-state index is 5.38. The minimum atomic E-state index is 0.370. The first kappa shape index (κ1) is 14.5. The Morgan fingerprint density at radius 3 is 3.11 bits per heavy atom. The number of ether oxygens (including phenoxy) is 1. The molecular formula is C14H25N3O2. The van der Waals surface area contributed by atoms with Gasteiger partial charge in [-0.1, -0.05) is 19.0 Å². The van der Waals surface area contributed by atoms with Crippen LogP contribution in [0.1, 0.15) is 31.7 Å². The molecule has 1 aliphatic heterocycles. The van der Waals surface area contributed by atoms with Crippen LogP contribution in [0.5, 0.6) is 0 Å². The molecule has 19 heavy (non-hydrogen) atoms. The van der Waals surface area contributed by atoms with Crippen LogP contribution in [0.15, 0.2) is 10.6 Å². The fraction of sp³-hybridized carbons (Fsp3) is 0.786. The van der Waals surface area contributed by atoms with Crippen molar-refractivity contribution in [2.75, 3.05) is 26.7 Å². The van der Waals surface area contributed by atoms with Crippen molar-refractivity contribution >= 4 is 0 Å². The third-order valence-corrected chi connectivity index (χ3v) is 3.41. The van der Waals surface area contributed by atoms with Crippen LogP contribution in [-0.2, 0) is 17.8 Å². The molecule has 0 aliphatic carbocycles. The molecule has 1 atom stereocenters. The van der Waals surface area contributed by atoms with Gasteiger partial charge in [-0.05, 0) is 18.9 Å². The van der Waals surface area contributed by atoms with Gasteiger partial charge in [0.25, 0.3) is 0 Å². The SMILES string of the molecule is COC1CCN(Cc2cc(CNCC(C)C)no2)C1. The lowest BCUT2D eigenvalue weighted by Gasteiger charge is -2.12. The molecule has 1 N–H and O–H groups in total. The molecule has 1 unspecified atom stereocenters. The van der Waals surface area contributed by atoms with E-state index in [4.69, 9.17) is 9.26 Å². The van der Waals surface area contributed by atoms with E-state index in [0.29, 0.717) is 12.0 Å². The highest BCUT2D eigenvalue weighted by atomic mass is 16.5. The number of rotatable bonds is 7. The molecule has 1 aliphatic rings. The Balaban J connectivity index is 1.74. The Morgan fingerprint density at radius 2 is 2.42 bits per heavy atom. The highest BCUT2D eigenvalue weighted by molar-refractivity contribution is 5.05. The minimum absolute atomic E-state index is 0.370. The zero-order valence-electron chi connectivity index (χ0n) is 12.2. The van der Waals surface area contributed by atoms with E-state index in [1.807, 2.05) is 6.07 Å². The van der Waals surface area contributed by atoms with E-state index < -0.39 is 0 Å². The molecule has 0 bridgehead atoms. The van der Waals surface area contributed by atoms with Crippen molar-refractivity contribution in [1.29, 1.82) is 0 Å². The zero-order chi connectivity index (χ0) is 13.7. The zero-order valence-corrected chi connectivity index (χ0v) is 12.2. The van der Waals surface area contributed by atoms with Crippen molar-refractivity contribution < 1.29 is 9.26 Å². The van der Waals surface area contributed by atoms with E-state index in [0.717, 1.165) is 50.6 Å².